The van der Waals surface area contributed by atoms with Crippen molar-refractivity contribution in [3.05, 3.63) is 60.8 Å². The Morgan fingerprint density at radius 3 is 2.68 bits per heavy atom. The maximum absolute atomic E-state index is 13.0. The fraction of sp³-hybridized carbons (Fsp3) is 0.238. The molecular weight excluding hydrogens is 364 g/mol. The van der Waals surface area contributed by atoms with Gasteiger partial charge in [0.2, 0.25) is 5.91 Å². The molecule has 1 fully saturated rings. The first-order valence-electron chi connectivity index (χ1n) is 9.08. The number of aromatic nitrogens is 1. The molecule has 2 aromatic carbocycles. The van der Waals surface area contributed by atoms with E-state index >= 15 is 0 Å². The van der Waals surface area contributed by atoms with Gasteiger partial charge >= 0.3 is 6.61 Å². The molecule has 4 rings (SSSR count). The van der Waals surface area contributed by atoms with Crippen molar-refractivity contribution >= 4 is 28.2 Å². The third-order valence-corrected chi connectivity index (χ3v) is 4.79. The molecule has 0 aliphatic carbocycles. The van der Waals surface area contributed by atoms with Crippen molar-refractivity contribution in [2.75, 3.05) is 16.8 Å². The van der Waals surface area contributed by atoms with Gasteiger partial charge in [-0.25, -0.2) is 0 Å². The van der Waals surface area contributed by atoms with Crippen molar-refractivity contribution in [2.45, 2.75) is 25.5 Å². The molecule has 0 spiro atoms. The number of hydrogen-bond donors (Lipinski definition) is 1. The third-order valence-electron chi connectivity index (χ3n) is 4.79. The number of hydrogen-bond acceptors (Lipinski definition) is 4. The van der Waals surface area contributed by atoms with Crippen LogP contribution in [0.1, 0.15) is 12.8 Å². The van der Waals surface area contributed by atoms with E-state index in [0.717, 1.165) is 29.4 Å². The summed E-state index contributed by atoms with van der Waals surface area (Å²) in [5.41, 5.74) is 2.39. The highest BCUT2D eigenvalue weighted by Gasteiger charge is 2.30. The summed E-state index contributed by atoms with van der Waals surface area (Å²) in [5, 5.41) is 4.32. The predicted molar refractivity (Wildman–Crippen MR) is 104 cm³/mol. The smallest absolute Gasteiger partial charge is 0.387 e. The molecule has 0 bridgehead atoms. The van der Waals surface area contributed by atoms with Gasteiger partial charge in [-0.3, -0.25) is 9.78 Å². The second kappa shape index (κ2) is 7.80. The molecule has 144 valence electrons. The van der Waals surface area contributed by atoms with Gasteiger partial charge in [0, 0.05) is 29.5 Å². The van der Waals surface area contributed by atoms with Crippen molar-refractivity contribution in [2.24, 2.45) is 0 Å². The van der Waals surface area contributed by atoms with Gasteiger partial charge < -0.3 is 15.0 Å². The van der Waals surface area contributed by atoms with E-state index in [9.17, 15) is 13.6 Å². The molecule has 3 aromatic rings. The number of ether oxygens (including phenoxy) is 1. The Morgan fingerprint density at radius 2 is 1.89 bits per heavy atom. The van der Waals surface area contributed by atoms with Crippen LogP contribution in [0.5, 0.6) is 5.75 Å². The first-order chi connectivity index (χ1) is 13.6. The number of carbonyl (C=O) groups excluding carboxylic acids is 1. The van der Waals surface area contributed by atoms with Crippen LogP contribution in [0.4, 0.5) is 20.2 Å². The van der Waals surface area contributed by atoms with Crippen molar-refractivity contribution in [1.29, 1.82) is 0 Å². The summed E-state index contributed by atoms with van der Waals surface area (Å²) in [4.78, 5) is 19.0. The van der Waals surface area contributed by atoms with Crippen LogP contribution in [0.2, 0.25) is 0 Å². The average Bonchev–Trinajstić information content (AvgIpc) is 2.70. The SMILES string of the molecule is O=C1[C@@H](Nc2ccnc3ccccc23)CCCN1c1ccc(OC(F)F)cc1. The number of benzene rings is 2. The highest BCUT2D eigenvalue weighted by Crippen LogP contribution is 2.28. The molecule has 1 saturated heterocycles. The molecule has 0 unspecified atom stereocenters. The molecule has 1 atom stereocenters. The fourth-order valence-corrected chi connectivity index (χ4v) is 3.48. The number of pyridine rings is 1. The lowest BCUT2D eigenvalue weighted by molar-refractivity contribution is -0.120. The van der Waals surface area contributed by atoms with Crippen LogP contribution in [0.25, 0.3) is 10.9 Å². The number of rotatable bonds is 5. The van der Waals surface area contributed by atoms with E-state index in [0.29, 0.717) is 12.2 Å². The van der Waals surface area contributed by atoms with Gasteiger partial charge in [-0.2, -0.15) is 8.78 Å². The first-order valence-corrected chi connectivity index (χ1v) is 9.08. The summed E-state index contributed by atoms with van der Waals surface area (Å²) in [6, 6.07) is 15.4. The first kappa shape index (κ1) is 18.2. The second-order valence-electron chi connectivity index (χ2n) is 6.58. The Morgan fingerprint density at radius 1 is 1.11 bits per heavy atom. The van der Waals surface area contributed by atoms with Crippen molar-refractivity contribution < 1.29 is 18.3 Å². The average molecular weight is 383 g/mol. The minimum absolute atomic E-state index is 0.0466. The van der Waals surface area contributed by atoms with Crippen LogP contribution in [-0.2, 0) is 4.79 Å². The van der Waals surface area contributed by atoms with E-state index in [1.54, 1.807) is 23.2 Å². The summed E-state index contributed by atoms with van der Waals surface area (Å²) < 4.78 is 29.0. The molecule has 1 amide bonds. The summed E-state index contributed by atoms with van der Waals surface area (Å²) in [5.74, 6) is 0.0239. The van der Waals surface area contributed by atoms with Crippen LogP contribution in [0, 0.1) is 0 Å². The number of anilines is 2. The normalized spacial score (nSPS) is 17.2. The van der Waals surface area contributed by atoms with Gasteiger partial charge in [0.15, 0.2) is 0 Å². The van der Waals surface area contributed by atoms with Gasteiger partial charge in [0.1, 0.15) is 11.8 Å². The van der Waals surface area contributed by atoms with E-state index in [1.807, 2.05) is 30.3 Å². The van der Waals surface area contributed by atoms with E-state index in [1.165, 1.54) is 12.1 Å². The number of fused-ring (bicyclic) bond motifs is 1. The minimum atomic E-state index is -2.87. The van der Waals surface area contributed by atoms with Crippen LogP contribution in [0.3, 0.4) is 0 Å². The van der Waals surface area contributed by atoms with Gasteiger partial charge in [-0.05, 0) is 49.2 Å². The van der Waals surface area contributed by atoms with E-state index in [4.69, 9.17) is 0 Å². The lowest BCUT2D eigenvalue weighted by Crippen LogP contribution is -2.47. The Kier molecular flexibility index (Phi) is 5.06. The molecule has 1 aliphatic rings. The second-order valence-corrected chi connectivity index (χ2v) is 6.58. The van der Waals surface area contributed by atoms with E-state index < -0.39 is 6.61 Å². The molecular formula is C21H19F2N3O2. The third kappa shape index (κ3) is 3.74. The standard InChI is InChI=1S/C21H19F2N3O2/c22-21(23)28-15-9-7-14(8-10-15)26-13-3-6-19(20(26)27)25-18-11-12-24-17-5-2-1-4-16(17)18/h1-2,4-5,7-12,19,21H,3,6,13H2,(H,24,25)/t19-/m0/s1. The van der Waals surface area contributed by atoms with Gasteiger partial charge in [-0.1, -0.05) is 18.2 Å². The Labute approximate surface area is 160 Å². The molecule has 2 heterocycles. The molecule has 5 nitrogen and oxygen atoms in total. The quantitative estimate of drug-likeness (QED) is 0.708. The highest BCUT2D eigenvalue weighted by molar-refractivity contribution is 6.01. The molecule has 7 heteroatoms. The van der Waals surface area contributed by atoms with Gasteiger partial charge in [-0.15, -0.1) is 0 Å². The zero-order valence-electron chi connectivity index (χ0n) is 15.0. The van der Waals surface area contributed by atoms with Crippen LogP contribution < -0.4 is 15.0 Å². The molecule has 0 radical (unpaired) electrons. The number of para-hydroxylation sites is 1. The number of halogens is 2. The summed E-state index contributed by atoms with van der Waals surface area (Å²) in [7, 11) is 0. The van der Waals surface area contributed by atoms with Gasteiger partial charge in [0.05, 0.1) is 5.52 Å². The summed E-state index contributed by atoms with van der Waals surface area (Å²) >= 11 is 0. The largest absolute Gasteiger partial charge is 0.435 e. The number of nitrogens with one attached hydrogen (secondary N) is 1. The topological polar surface area (TPSA) is 54.5 Å². The van der Waals surface area contributed by atoms with Crippen molar-refractivity contribution in [1.82, 2.24) is 4.98 Å². The lowest BCUT2D eigenvalue weighted by atomic mass is 10.0. The molecule has 1 aliphatic heterocycles. The molecule has 1 N–H and O–H groups in total. The van der Waals surface area contributed by atoms with E-state index in [-0.39, 0.29) is 17.7 Å². The van der Waals surface area contributed by atoms with Crippen LogP contribution in [-0.4, -0.2) is 30.1 Å². The minimum Gasteiger partial charge on any atom is -0.435 e. The Hall–Kier alpha value is -3.22. The maximum atomic E-state index is 13.0. The highest BCUT2D eigenvalue weighted by atomic mass is 19.3. The van der Waals surface area contributed by atoms with Gasteiger partial charge in [0.25, 0.3) is 0 Å². The number of nitrogens with zero attached hydrogens (tertiary/aromatic N) is 2. The van der Waals surface area contributed by atoms with Crippen molar-refractivity contribution in [3.8, 4) is 5.75 Å². The Bertz CT molecular complexity index is 974. The zero-order valence-corrected chi connectivity index (χ0v) is 15.0. The molecule has 1 aromatic heterocycles. The summed E-state index contributed by atoms with van der Waals surface area (Å²) in [6.45, 7) is -2.28. The number of carbonyl (C=O) groups is 1. The Balaban J connectivity index is 1.53. The molecule has 28 heavy (non-hydrogen) atoms. The summed E-state index contributed by atoms with van der Waals surface area (Å²) in [6.07, 6.45) is 3.28. The van der Waals surface area contributed by atoms with E-state index in [2.05, 4.69) is 15.0 Å². The zero-order chi connectivity index (χ0) is 19.5. The number of alkyl halides is 2. The molecule has 0 saturated carbocycles. The maximum Gasteiger partial charge on any atom is 0.387 e. The monoisotopic (exact) mass is 383 g/mol. The number of amides is 1. The van der Waals surface area contributed by atoms with Crippen molar-refractivity contribution in [3.63, 3.8) is 0 Å². The van der Waals surface area contributed by atoms with Crippen LogP contribution in [0.15, 0.2) is 60.8 Å². The fourth-order valence-electron chi connectivity index (χ4n) is 3.48. The number of piperidine rings is 1. The predicted octanol–water partition coefficient (Wildman–Crippen LogP) is 4.44. The van der Waals surface area contributed by atoms with Crippen LogP contribution >= 0.6 is 0 Å². The lowest BCUT2D eigenvalue weighted by Gasteiger charge is -2.33.